The van der Waals surface area contributed by atoms with Crippen LogP contribution < -0.4 is 5.32 Å². The Hall–Kier alpha value is -2.05. The number of carbonyl (C=O) groups is 2. The second-order valence-corrected chi connectivity index (χ2v) is 6.83. The molecule has 1 fully saturated rings. The topological polar surface area (TPSA) is 84.7 Å². The number of hydrogen-bond acceptors (Lipinski definition) is 5. The van der Waals surface area contributed by atoms with E-state index < -0.39 is 17.7 Å². The molecule has 0 radical (unpaired) electrons. The zero-order valence-electron chi connectivity index (χ0n) is 14.2. The lowest BCUT2D eigenvalue weighted by Gasteiger charge is -2.35. The summed E-state index contributed by atoms with van der Waals surface area (Å²) in [5.74, 6) is 0.513. The zero-order chi connectivity index (χ0) is 17.0. The molecule has 128 valence electrons. The fourth-order valence-electron chi connectivity index (χ4n) is 2.54. The molecule has 0 saturated carbocycles. The summed E-state index contributed by atoms with van der Waals surface area (Å²) in [5.41, 5.74) is 0.0869. The number of carbonyl (C=O) groups excluding carboxylic acids is 2. The quantitative estimate of drug-likeness (QED) is 0.923. The minimum atomic E-state index is -0.576. The first-order valence-electron chi connectivity index (χ1n) is 7.96. The summed E-state index contributed by atoms with van der Waals surface area (Å²) in [4.78, 5) is 26.3. The smallest absolute Gasteiger partial charge is 0.410 e. The highest BCUT2D eigenvalue weighted by Gasteiger charge is 2.34. The number of aryl methyl sites for hydroxylation is 1. The van der Waals surface area contributed by atoms with Gasteiger partial charge in [-0.25, -0.2) is 4.79 Å². The molecule has 1 aliphatic rings. The third-order valence-electron chi connectivity index (χ3n) is 3.55. The summed E-state index contributed by atoms with van der Waals surface area (Å²) in [6.07, 6.45) is 2.00. The van der Waals surface area contributed by atoms with Crippen molar-refractivity contribution in [3.05, 3.63) is 17.5 Å². The van der Waals surface area contributed by atoms with Gasteiger partial charge in [0.1, 0.15) is 23.1 Å². The van der Waals surface area contributed by atoms with Gasteiger partial charge in [-0.2, -0.15) is 0 Å². The average molecular weight is 323 g/mol. The first-order valence-corrected chi connectivity index (χ1v) is 7.96. The van der Waals surface area contributed by atoms with E-state index in [0.29, 0.717) is 24.4 Å². The first-order chi connectivity index (χ1) is 10.8. The minimum absolute atomic E-state index is 0.184. The number of aromatic nitrogens is 1. The van der Waals surface area contributed by atoms with E-state index in [4.69, 9.17) is 9.26 Å². The Kier molecular flexibility index (Phi) is 5.28. The summed E-state index contributed by atoms with van der Waals surface area (Å²) >= 11 is 0. The molecule has 0 spiro atoms. The van der Waals surface area contributed by atoms with Gasteiger partial charge in [0.2, 0.25) is 5.91 Å². The summed E-state index contributed by atoms with van der Waals surface area (Å²) < 4.78 is 10.4. The van der Waals surface area contributed by atoms with Crippen LogP contribution in [0.1, 0.15) is 51.5 Å². The average Bonchev–Trinajstić information content (AvgIpc) is 2.88. The second-order valence-electron chi connectivity index (χ2n) is 6.83. The maximum atomic E-state index is 12.4. The number of rotatable bonds is 3. The predicted octanol–water partition coefficient (Wildman–Crippen LogP) is 2.39. The second kappa shape index (κ2) is 7.02. The molecule has 2 heterocycles. The lowest BCUT2D eigenvalue weighted by molar-refractivity contribution is -0.127. The Bertz CT molecular complexity index is 562. The van der Waals surface area contributed by atoms with Crippen molar-refractivity contribution in [3.8, 4) is 0 Å². The molecule has 0 aliphatic carbocycles. The molecular formula is C16H25N3O4. The van der Waals surface area contributed by atoms with Crippen LogP contribution >= 0.6 is 0 Å². The van der Waals surface area contributed by atoms with Gasteiger partial charge in [-0.15, -0.1) is 0 Å². The Labute approximate surface area is 136 Å². The third-order valence-corrected chi connectivity index (χ3v) is 3.55. The molecule has 1 N–H and O–H groups in total. The normalized spacial score (nSPS) is 18.6. The van der Waals surface area contributed by atoms with Gasteiger partial charge >= 0.3 is 6.09 Å². The Morgan fingerprint density at radius 1 is 1.43 bits per heavy atom. The SMILES string of the molecule is Cc1cc(CNC(=O)[C@H]2CCCCN2C(=O)OC(C)(C)C)no1. The van der Waals surface area contributed by atoms with E-state index in [0.717, 1.165) is 12.8 Å². The number of nitrogens with one attached hydrogen (secondary N) is 1. The van der Waals surface area contributed by atoms with Crippen molar-refractivity contribution in [2.24, 2.45) is 0 Å². The van der Waals surface area contributed by atoms with Crippen LogP contribution in [0.25, 0.3) is 0 Å². The maximum absolute atomic E-state index is 12.4. The van der Waals surface area contributed by atoms with Crippen molar-refractivity contribution in [2.45, 2.75) is 65.1 Å². The highest BCUT2D eigenvalue weighted by Crippen LogP contribution is 2.20. The maximum Gasteiger partial charge on any atom is 0.410 e. The van der Waals surface area contributed by atoms with Gasteiger partial charge in [0, 0.05) is 12.6 Å². The van der Waals surface area contributed by atoms with E-state index in [-0.39, 0.29) is 12.5 Å². The monoisotopic (exact) mass is 323 g/mol. The van der Waals surface area contributed by atoms with E-state index in [1.807, 2.05) is 20.8 Å². The summed E-state index contributed by atoms with van der Waals surface area (Å²) in [6.45, 7) is 8.07. The number of ether oxygens (including phenoxy) is 1. The Morgan fingerprint density at radius 3 is 2.78 bits per heavy atom. The van der Waals surface area contributed by atoms with Gasteiger partial charge in [0.05, 0.1) is 6.54 Å². The van der Waals surface area contributed by atoms with Crippen LogP contribution in [-0.4, -0.2) is 40.2 Å². The lowest BCUT2D eigenvalue weighted by atomic mass is 10.0. The molecule has 0 bridgehead atoms. The summed E-state index contributed by atoms with van der Waals surface area (Å²) in [5, 5.41) is 6.66. The molecule has 7 nitrogen and oxygen atoms in total. The Balaban J connectivity index is 1.96. The number of nitrogens with zero attached hydrogens (tertiary/aromatic N) is 2. The van der Waals surface area contributed by atoms with Crippen LogP contribution in [-0.2, 0) is 16.1 Å². The highest BCUT2D eigenvalue weighted by molar-refractivity contribution is 5.85. The van der Waals surface area contributed by atoms with Gasteiger partial charge in [-0.1, -0.05) is 5.16 Å². The third kappa shape index (κ3) is 4.97. The largest absolute Gasteiger partial charge is 0.444 e. The molecule has 2 rings (SSSR count). The number of likely N-dealkylation sites (tertiary alicyclic amines) is 1. The van der Waals surface area contributed by atoms with Crippen molar-refractivity contribution in [3.63, 3.8) is 0 Å². The summed E-state index contributed by atoms with van der Waals surface area (Å²) in [7, 11) is 0. The molecule has 0 unspecified atom stereocenters. The molecule has 1 atom stereocenters. The molecule has 23 heavy (non-hydrogen) atoms. The van der Waals surface area contributed by atoms with Crippen molar-refractivity contribution in [2.75, 3.05) is 6.54 Å². The van der Waals surface area contributed by atoms with Gasteiger partial charge in [-0.3, -0.25) is 9.69 Å². The molecule has 1 aliphatic heterocycles. The van der Waals surface area contributed by atoms with E-state index in [1.165, 1.54) is 4.90 Å². The van der Waals surface area contributed by atoms with Crippen LogP contribution in [0.2, 0.25) is 0 Å². The van der Waals surface area contributed by atoms with Crippen LogP contribution in [0.4, 0.5) is 4.79 Å². The number of piperidine rings is 1. The molecule has 1 aromatic heterocycles. The van der Waals surface area contributed by atoms with Gasteiger partial charge in [-0.05, 0) is 47.0 Å². The van der Waals surface area contributed by atoms with Gasteiger partial charge < -0.3 is 14.6 Å². The highest BCUT2D eigenvalue weighted by atomic mass is 16.6. The minimum Gasteiger partial charge on any atom is -0.444 e. The Morgan fingerprint density at radius 2 is 2.17 bits per heavy atom. The number of hydrogen-bond donors (Lipinski definition) is 1. The van der Waals surface area contributed by atoms with Crippen LogP contribution in [0, 0.1) is 6.92 Å². The van der Waals surface area contributed by atoms with Crippen LogP contribution in [0.15, 0.2) is 10.6 Å². The molecular weight excluding hydrogens is 298 g/mol. The zero-order valence-corrected chi connectivity index (χ0v) is 14.2. The fraction of sp³-hybridized carbons (Fsp3) is 0.688. The van der Waals surface area contributed by atoms with E-state index in [2.05, 4.69) is 10.5 Å². The van der Waals surface area contributed by atoms with Crippen LogP contribution in [0.3, 0.4) is 0 Å². The fourth-order valence-corrected chi connectivity index (χ4v) is 2.54. The molecule has 1 saturated heterocycles. The first kappa shape index (κ1) is 17.3. The van der Waals surface area contributed by atoms with Gasteiger partial charge in [0.25, 0.3) is 0 Å². The molecule has 1 aromatic rings. The van der Waals surface area contributed by atoms with E-state index in [1.54, 1.807) is 13.0 Å². The molecule has 2 amide bonds. The standard InChI is InChI=1S/C16H25N3O4/c1-11-9-12(18-23-11)10-17-14(20)13-7-5-6-8-19(13)15(21)22-16(2,3)4/h9,13H,5-8,10H2,1-4H3,(H,17,20)/t13-/m1/s1. The molecule has 7 heteroatoms. The number of amides is 2. The van der Waals surface area contributed by atoms with Gasteiger partial charge in [0.15, 0.2) is 0 Å². The van der Waals surface area contributed by atoms with Crippen LogP contribution in [0.5, 0.6) is 0 Å². The summed E-state index contributed by atoms with van der Waals surface area (Å²) in [6, 6.07) is 1.28. The van der Waals surface area contributed by atoms with Crippen molar-refractivity contribution in [1.29, 1.82) is 0 Å². The predicted molar refractivity (Wildman–Crippen MR) is 83.7 cm³/mol. The van der Waals surface area contributed by atoms with Crippen molar-refractivity contribution >= 4 is 12.0 Å². The van der Waals surface area contributed by atoms with Crippen molar-refractivity contribution in [1.82, 2.24) is 15.4 Å². The van der Waals surface area contributed by atoms with E-state index >= 15 is 0 Å². The molecule has 0 aromatic carbocycles. The van der Waals surface area contributed by atoms with Crippen molar-refractivity contribution < 1.29 is 18.8 Å². The van der Waals surface area contributed by atoms with E-state index in [9.17, 15) is 9.59 Å². The lowest BCUT2D eigenvalue weighted by Crippen LogP contribution is -2.53.